The Labute approximate surface area is 117 Å². The van der Waals surface area contributed by atoms with Crippen LogP contribution in [0.4, 0.5) is 0 Å². The summed E-state index contributed by atoms with van der Waals surface area (Å²) >= 11 is 0. The summed E-state index contributed by atoms with van der Waals surface area (Å²) in [5.41, 5.74) is 0. The molecule has 0 fully saturated rings. The van der Waals surface area contributed by atoms with Gasteiger partial charge in [0, 0.05) is 0 Å². The SMILES string of the molecule is [CH2]CCCC(CCCC)CCCCCCCCC. The predicted octanol–water partition coefficient (Wildman–Crippen LogP) is 6.94. The van der Waals surface area contributed by atoms with Crippen LogP contribution in [0.1, 0.15) is 104 Å². The average Bonchev–Trinajstić information content (AvgIpc) is 2.40. The third-order valence-corrected chi connectivity index (χ3v) is 4.04. The Kier molecular flexibility index (Phi) is 15.1. The van der Waals surface area contributed by atoms with Gasteiger partial charge in [0.2, 0.25) is 0 Å². The molecular formula is C18H37. The monoisotopic (exact) mass is 253 g/mol. The summed E-state index contributed by atoms with van der Waals surface area (Å²) in [4.78, 5) is 0. The Morgan fingerprint density at radius 3 is 1.72 bits per heavy atom. The quantitative estimate of drug-likeness (QED) is 0.294. The van der Waals surface area contributed by atoms with Gasteiger partial charge in [-0.3, -0.25) is 0 Å². The van der Waals surface area contributed by atoms with E-state index in [1.165, 1.54) is 83.5 Å². The van der Waals surface area contributed by atoms with Crippen LogP contribution in [0, 0.1) is 12.8 Å². The topological polar surface area (TPSA) is 0 Å². The van der Waals surface area contributed by atoms with Gasteiger partial charge in [0.1, 0.15) is 0 Å². The van der Waals surface area contributed by atoms with Crippen molar-refractivity contribution in [3.05, 3.63) is 6.92 Å². The van der Waals surface area contributed by atoms with Crippen molar-refractivity contribution in [2.75, 3.05) is 0 Å². The van der Waals surface area contributed by atoms with Crippen LogP contribution in [-0.2, 0) is 0 Å². The second kappa shape index (κ2) is 15.1. The summed E-state index contributed by atoms with van der Waals surface area (Å²) in [5, 5.41) is 0. The fraction of sp³-hybridized carbons (Fsp3) is 0.944. The highest BCUT2D eigenvalue weighted by atomic mass is 14.1. The smallest absolute Gasteiger partial charge is 0.0414 e. The standard InChI is InChI=1S/C18H37/c1-4-7-10-11-12-13-14-17-18(15-8-5-2)16-9-6-3/h18H,2,4-17H2,1,3H3. The molecule has 0 aromatic heterocycles. The molecule has 0 aromatic carbocycles. The molecule has 0 saturated heterocycles. The minimum atomic E-state index is 1.00. The molecule has 0 aliphatic carbocycles. The maximum absolute atomic E-state index is 3.98. The van der Waals surface area contributed by atoms with E-state index in [0.29, 0.717) is 0 Å². The molecule has 1 atom stereocenters. The first-order chi connectivity index (χ1) is 8.85. The van der Waals surface area contributed by atoms with E-state index in [2.05, 4.69) is 20.8 Å². The first kappa shape index (κ1) is 18.0. The molecule has 0 amide bonds. The Morgan fingerprint density at radius 1 is 0.611 bits per heavy atom. The van der Waals surface area contributed by atoms with Gasteiger partial charge < -0.3 is 0 Å². The van der Waals surface area contributed by atoms with Crippen LogP contribution in [-0.4, -0.2) is 0 Å². The molecule has 0 rings (SSSR count). The number of hydrogen-bond donors (Lipinski definition) is 0. The number of rotatable bonds is 14. The van der Waals surface area contributed by atoms with Gasteiger partial charge in [-0.2, -0.15) is 0 Å². The summed E-state index contributed by atoms with van der Waals surface area (Å²) < 4.78 is 0. The normalized spacial score (nSPS) is 11.3. The molecular weight excluding hydrogens is 216 g/mol. The van der Waals surface area contributed by atoms with Crippen LogP contribution in [0.3, 0.4) is 0 Å². The van der Waals surface area contributed by atoms with Crippen molar-refractivity contribution >= 4 is 0 Å². The van der Waals surface area contributed by atoms with Gasteiger partial charge >= 0.3 is 0 Å². The molecule has 0 heterocycles. The Hall–Kier alpha value is 0. The first-order valence-corrected chi connectivity index (χ1v) is 8.64. The van der Waals surface area contributed by atoms with E-state index in [1.54, 1.807) is 0 Å². The molecule has 0 nitrogen and oxygen atoms in total. The van der Waals surface area contributed by atoms with Gasteiger partial charge in [0.25, 0.3) is 0 Å². The van der Waals surface area contributed by atoms with Gasteiger partial charge in [-0.25, -0.2) is 0 Å². The lowest BCUT2D eigenvalue weighted by Crippen LogP contribution is -2.01. The van der Waals surface area contributed by atoms with E-state index in [9.17, 15) is 0 Å². The zero-order chi connectivity index (χ0) is 13.5. The lowest BCUT2D eigenvalue weighted by molar-refractivity contribution is 0.378. The minimum absolute atomic E-state index is 1.00. The van der Waals surface area contributed by atoms with E-state index < -0.39 is 0 Å². The molecule has 1 radical (unpaired) electrons. The Bertz CT molecular complexity index is 131. The van der Waals surface area contributed by atoms with Gasteiger partial charge in [-0.05, 0) is 5.92 Å². The van der Waals surface area contributed by atoms with Crippen molar-refractivity contribution in [2.45, 2.75) is 104 Å². The van der Waals surface area contributed by atoms with E-state index in [4.69, 9.17) is 0 Å². The van der Waals surface area contributed by atoms with Crippen LogP contribution in [0.2, 0.25) is 0 Å². The summed E-state index contributed by atoms with van der Waals surface area (Å²) in [7, 11) is 0. The zero-order valence-corrected chi connectivity index (χ0v) is 13.2. The molecule has 0 aliphatic rings. The van der Waals surface area contributed by atoms with E-state index in [0.717, 1.165) is 12.3 Å². The molecule has 0 bridgehead atoms. The highest BCUT2D eigenvalue weighted by Crippen LogP contribution is 2.22. The second-order valence-electron chi connectivity index (χ2n) is 5.91. The molecule has 0 N–H and O–H groups in total. The van der Waals surface area contributed by atoms with E-state index >= 15 is 0 Å². The van der Waals surface area contributed by atoms with Crippen LogP contribution in [0.15, 0.2) is 0 Å². The molecule has 0 spiro atoms. The van der Waals surface area contributed by atoms with Gasteiger partial charge in [0.15, 0.2) is 0 Å². The third kappa shape index (κ3) is 12.5. The molecule has 0 aliphatic heterocycles. The summed E-state index contributed by atoms with van der Waals surface area (Å²) in [6.07, 6.45) is 19.8. The van der Waals surface area contributed by atoms with Gasteiger partial charge in [0.05, 0.1) is 0 Å². The third-order valence-electron chi connectivity index (χ3n) is 4.04. The highest BCUT2D eigenvalue weighted by molar-refractivity contribution is 4.61. The van der Waals surface area contributed by atoms with Crippen molar-refractivity contribution in [3.8, 4) is 0 Å². The van der Waals surface area contributed by atoms with Crippen molar-refractivity contribution < 1.29 is 0 Å². The fourth-order valence-electron chi connectivity index (χ4n) is 2.75. The van der Waals surface area contributed by atoms with E-state index in [-0.39, 0.29) is 0 Å². The Morgan fingerprint density at radius 2 is 1.11 bits per heavy atom. The molecule has 0 aromatic rings. The lowest BCUT2D eigenvalue weighted by Gasteiger charge is -2.16. The first-order valence-electron chi connectivity index (χ1n) is 8.64. The van der Waals surface area contributed by atoms with Crippen molar-refractivity contribution in [1.82, 2.24) is 0 Å². The maximum Gasteiger partial charge on any atom is -0.0414 e. The van der Waals surface area contributed by atoms with Crippen LogP contribution < -0.4 is 0 Å². The largest absolute Gasteiger partial charge is 0.0654 e. The van der Waals surface area contributed by atoms with Crippen molar-refractivity contribution in [2.24, 2.45) is 5.92 Å². The molecule has 1 unspecified atom stereocenters. The lowest BCUT2D eigenvalue weighted by atomic mass is 9.90. The molecule has 0 saturated carbocycles. The Balaban J connectivity index is 3.43. The van der Waals surface area contributed by atoms with Crippen LogP contribution >= 0.6 is 0 Å². The molecule has 18 heavy (non-hydrogen) atoms. The highest BCUT2D eigenvalue weighted by Gasteiger charge is 2.07. The van der Waals surface area contributed by atoms with Gasteiger partial charge in [-0.1, -0.05) is 111 Å². The number of unbranched alkanes of at least 4 members (excludes halogenated alkanes) is 8. The average molecular weight is 253 g/mol. The van der Waals surface area contributed by atoms with Crippen LogP contribution in [0.25, 0.3) is 0 Å². The number of hydrogen-bond acceptors (Lipinski definition) is 0. The van der Waals surface area contributed by atoms with Gasteiger partial charge in [-0.15, -0.1) is 0 Å². The zero-order valence-electron chi connectivity index (χ0n) is 13.2. The predicted molar refractivity (Wildman–Crippen MR) is 84.8 cm³/mol. The summed E-state index contributed by atoms with van der Waals surface area (Å²) in [6.45, 7) is 8.58. The fourth-order valence-corrected chi connectivity index (χ4v) is 2.75. The summed E-state index contributed by atoms with van der Waals surface area (Å²) in [6, 6.07) is 0. The molecule has 0 heteroatoms. The second-order valence-corrected chi connectivity index (χ2v) is 5.91. The minimum Gasteiger partial charge on any atom is -0.0654 e. The van der Waals surface area contributed by atoms with Crippen molar-refractivity contribution in [1.29, 1.82) is 0 Å². The van der Waals surface area contributed by atoms with Crippen LogP contribution in [0.5, 0.6) is 0 Å². The van der Waals surface area contributed by atoms with E-state index in [1.807, 2.05) is 0 Å². The maximum atomic E-state index is 3.98. The van der Waals surface area contributed by atoms with Crippen molar-refractivity contribution in [3.63, 3.8) is 0 Å². The molecule has 109 valence electrons. The summed E-state index contributed by atoms with van der Waals surface area (Å²) in [5.74, 6) is 1.00.